The van der Waals surface area contributed by atoms with Gasteiger partial charge in [-0.05, 0) is 41.5 Å². The zero-order chi connectivity index (χ0) is 18.0. The smallest absolute Gasteiger partial charge is 0.411 e. The van der Waals surface area contributed by atoms with Crippen molar-refractivity contribution < 1.29 is 23.9 Å². The average Bonchev–Trinajstić information content (AvgIpc) is 2.33. The topological polar surface area (TPSA) is 102 Å². The van der Waals surface area contributed by atoms with Crippen LogP contribution in [0, 0.1) is 0 Å². The predicted molar refractivity (Wildman–Crippen MR) is 83.7 cm³/mol. The van der Waals surface area contributed by atoms with Crippen LogP contribution in [0.25, 0.3) is 0 Å². The van der Waals surface area contributed by atoms with Crippen LogP contribution in [-0.4, -0.2) is 64.8 Å². The maximum atomic E-state index is 12.2. The Bertz CT molecular complexity index is 478. The van der Waals surface area contributed by atoms with Crippen LogP contribution in [0.2, 0.25) is 0 Å². The van der Waals surface area contributed by atoms with E-state index in [0.717, 1.165) is 0 Å². The summed E-state index contributed by atoms with van der Waals surface area (Å²) in [7, 11) is 0. The molecule has 0 radical (unpaired) electrons. The third kappa shape index (κ3) is 5.96. The Labute approximate surface area is 136 Å². The summed E-state index contributed by atoms with van der Waals surface area (Å²) in [6.45, 7) is 10.9. The largest absolute Gasteiger partial charge is 0.444 e. The standard InChI is InChI=1S/C15H27N3O5/c1-14(2,3)22-12(20)17-7-8-18(10(9-17)11(16)19)13(21)23-15(4,5)6/h10H,7-9H2,1-6H3,(H2,16,19). The van der Waals surface area contributed by atoms with E-state index in [9.17, 15) is 14.4 Å². The molecule has 23 heavy (non-hydrogen) atoms. The van der Waals surface area contributed by atoms with Gasteiger partial charge in [-0.2, -0.15) is 0 Å². The van der Waals surface area contributed by atoms with Gasteiger partial charge in [0, 0.05) is 13.1 Å². The van der Waals surface area contributed by atoms with Crippen molar-refractivity contribution in [3.63, 3.8) is 0 Å². The summed E-state index contributed by atoms with van der Waals surface area (Å²) in [6, 6.07) is -0.939. The number of amides is 3. The molecule has 3 amide bonds. The van der Waals surface area contributed by atoms with Gasteiger partial charge < -0.3 is 20.1 Å². The van der Waals surface area contributed by atoms with E-state index in [1.54, 1.807) is 41.5 Å². The van der Waals surface area contributed by atoms with Crippen molar-refractivity contribution in [1.29, 1.82) is 0 Å². The second-order valence-corrected chi connectivity index (χ2v) is 7.52. The van der Waals surface area contributed by atoms with Crippen molar-refractivity contribution in [2.75, 3.05) is 19.6 Å². The lowest BCUT2D eigenvalue weighted by Crippen LogP contribution is -2.61. The normalized spacial score (nSPS) is 19.3. The molecule has 1 fully saturated rings. The Kier molecular flexibility index (Phi) is 5.50. The summed E-state index contributed by atoms with van der Waals surface area (Å²) in [5.41, 5.74) is 4.07. The third-order valence-electron chi connectivity index (χ3n) is 2.99. The van der Waals surface area contributed by atoms with Gasteiger partial charge in [-0.15, -0.1) is 0 Å². The van der Waals surface area contributed by atoms with Crippen molar-refractivity contribution >= 4 is 18.1 Å². The highest BCUT2D eigenvalue weighted by atomic mass is 16.6. The SMILES string of the molecule is CC(C)(C)OC(=O)N1CCN(C(=O)OC(C)(C)C)C(C(N)=O)C1. The summed E-state index contributed by atoms with van der Waals surface area (Å²) < 4.78 is 10.6. The lowest BCUT2D eigenvalue weighted by atomic mass is 10.1. The maximum Gasteiger partial charge on any atom is 0.411 e. The Hall–Kier alpha value is -1.99. The Morgan fingerprint density at radius 2 is 1.39 bits per heavy atom. The number of primary amides is 1. The van der Waals surface area contributed by atoms with Crippen molar-refractivity contribution in [3.8, 4) is 0 Å². The number of nitrogens with zero attached hydrogens (tertiary/aromatic N) is 2. The first-order valence-electron chi connectivity index (χ1n) is 7.57. The van der Waals surface area contributed by atoms with Gasteiger partial charge in [-0.1, -0.05) is 0 Å². The van der Waals surface area contributed by atoms with Gasteiger partial charge in [0.25, 0.3) is 0 Å². The quantitative estimate of drug-likeness (QED) is 0.782. The van der Waals surface area contributed by atoms with Crippen LogP contribution >= 0.6 is 0 Å². The second kappa shape index (κ2) is 6.64. The minimum Gasteiger partial charge on any atom is -0.444 e. The van der Waals surface area contributed by atoms with Crippen LogP contribution in [0.5, 0.6) is 0 Å². The monoisotopic (exact) mass is 329 g/mol. The molecule has 1 aliphatic rings. The van der Waals surface area contributed by atoms with Gasteiger partial charge in [-0.3, -0.25) is 9.69 Å². The maximum absolute atomic E-state index is 12.2. The molecule has 0 aromatic heterocycles. The molecule has 1 heterocycles. The molecule has 0 aliphatic carbocycles. The lowest BCUT2D eigenvalue weighted by molar-refractivity contribution is -0.125. The van der Waals surface area contributed by atoms with E-state index in [4.69, 9.17) is 15.2 Å². The molecule has 1 saturated heterocycles. The molecule has 1 atom stereocenters. The van der Waals surface area contributed by atoms with Gasteiger partial charge in [0.15, 0.2) is 0 Å². The number of piperazine rings is 1. The fourth-order valence-electron chi connectivity index (χ4n) is 2.06. The molecule has 0 aromatic carbocycles. The zero-order valence-corrected chi connectivity index (χ0v) is 14.7. The summed E-state index contributed by atoms with van der Waals surface area (Å²) >= 11 is 0. The molecule has 0 bridgehead atoms. The van der Waals surface area contributed by atoms with Crippen molar-refractivity contribution in [3.05, 3.63) is 0 Å². The van der Waals surface area contributed by atoms with Crippen LogP contribution in [0.1, 0.15) is 41.5 Å². The molecule has 0 aromatic rings. The van der Waals surface area contributed by atoms with Crippen LogP contribution in [0.4, 0.5) is 9.59 Å². The van der Waals surface area contributed by atoms with Gasteiger partial charge in [0.05, 0.1) is 6.54 Å². The average molecular weight is 329 g/mol. The minimum atomic E-state index is -0.939. The van der Waals surface area contributed by atoms with Gasteiger partial charge in [0.2, 0.25) is 5.91 Å². The third-order valence-corrected chi connectivity index (χ3v) is 2.99. The Morgan fingerprint density at radius 1 is 0.913 bits per heavy atom. The molecule has 0 spiro atoms. The Balaban J connectivity index is 2.80. The molecule has 1 rings (SSSR count). The summed E-state index contributed by atoms with van der Waals surface area (Å²) in [4.78, 5) is 38.6. The molecule has 132 valence electrons. The van der Waals surface area contributed by atoms with Crippen LogP contribution < -0.4 is 5.73 Å². The first kappa shape index (κ1) is 19.1. The van der Waals surface area contributed by atoms with Gasteiger partial charge in [0.1, 0.15) is 17.2 Å². The summed E-state index contributed by atoms with van der Waals surface area (Å²) in [5.74, 6) is -0.691. The van der Waals surface area contributed by atoms with E-state index < -0.39 is 35.3 Å². The van der Waals surface area contributed by atoms with E-state index in [2.05, 4.69) is 0 Å². The Morgan fingerprint density at radius 3 is 1.83 bits per heavy atom. The first-order valence-corrected chi connectivity index (χ1v) is 7.57. The number of hydrogen-bond donors (Lipinski definition) is 1. The number of hydrogen-bond acceptors (Lipinski definition) is 5. The molecular formula is C15H27N3O5. The fourth-order valence-corrected chi connectivity index (χ4v) is 2.06. The highest BCUT2D eigenvalue weighted by Gasteiger charge is 2.39. The highest BCUT2D eigenvalue weighted by Crippen LogP contribution is 2.18. The van der Waals surface area contributed by atoms with E-state index in [-0.39, 0.29) is 19.6 Å². The van der Waals surface area contributed by atoms with Crippen molar-refractivity contribution in [2.24, 2.45) is 5.73 Å². The van der Waals surface area contributed by atoms with E-state index in [1.165, 1.54) is 9.80 Å². The molecule has 2 N–H and O–H groups in total. The number of ether oxygens (including phenoxy) is 2. The van der Waals surface area contributed by atoms with Crippen LogP contribution in [0.15, 0.2) is 0 Å². The lowest BCUT2D eigenvalue weighted by Gasteiger charge is -2.40. The first-order chi connectivity index (χ1) is 10.3. The fraction of sp³-hybridized carbons (Fsp3) is 0.800. The minimum absolute atomic E-state index is 0.0104. The highest BCUT2D eigenvalue weighted by molar-refractivity contribution is 5.85. The second-order valence-electron chi connectivity index (χ2n) is 7.52. The number of nitrogens with two attached hydrogens (primary N) is 1. The molecule has 0 saturated carbocycles. The number of rotatable bonds is 1. The van der Waals surface area contributed by atoms with Gasteiger partial charge in [-0.25, -0.2) is 9.59 Å². The molecule has 1 unspecified atom stereocenters. The molecule has 8 heteroatoms. The van der Waals surface area contributed by atoms with E-state index in [1.807, 2.05) is 0 Å². The van der Waals surface area contributed by atoms with Gasteiger partial charge >= 0.3 is 12.2 Å². The number of carbonyl (C=O) groups excluding carboxylic acids is 3. The van der Waals surface area contributed by atoms with E-state index in [0.29, 0.717) is 0 Å². The summed E-state index contributed by atoms with van der Waals surface area (Å²) in [5, 5.41) is 0. The van der Waals surface area contributed by atoms with Crippen molar-refractivity contribution in [2.45, 2.75) is 58.8 Å². The molecular weight excluding hydrogens is 302 g/mol. The number of carbonyl (C=O) groups is 3. The zero-order valence-electron chi connectivity index (χ0n) is 14.7. The van der Waals surface area contributed by atoms with Crippen LogP contribution in [-0.2, 0) is 14.3 Å². The summed E-state index contributed by atoms with van der Waals surface area (Å²) in [6.07, 6.45) is -1.15. The van der Waals surface area contributed by atoms with Crippen LogP contribution in [0.3, 0.4) is 0 Å². The predicted octanol–water partition coefficient (Wildman–Crippen LogP) is 1.33. The molecule has 1 aliphatic heterocycles. The molecule has 8 nitrogen and oxygen atoms in total. The van der Waals surface area contributed by atoms with E-state index >= 15 is 0 Å². The van der Waals surface area contributed by atoms with Crippen molar-refractivity contribution in [1.82, 2.24) is 9.80 Å².